The summed E-state index contributed by atoms with van der Waals surface area (Å²) in [5.41, 5.74) is 3.95. The summed E-state index contributed by atoms with van der Waals surface area (Å²) in [4.78, 5) is 12.1. The molecule has 1 amide bonds. The monoisotopic (exact) mass is 324 g/mol. The summed E-state index contributed by atoms with van der Waals surface area (Å²) in [6.45, 7) is 1.73. The molecule has 2 aromatic rings. The molecule has 0 aliphatic carbocycles. The van der Waals surface area contributed by atoms with Crippen molar-refractivity contribution in [3.63, 3.8) is 0 Å². The molecule has 0 unspecified atom stereocenters. The van der Waals surface area contributed by atoms with Crippen LogP contribution in [0.2, 0.25) is 0 Å². The van der Waals surface area contributed by atoms with Gasteiger partial charge in [-0.3, -0.25) is 4.79 Å². The molecule has 0 radical (unpaired) electrons. The Morgan fingerprint density at radius 2 is 2.17 bits per heavy atom. The summed E-state index contributed by atoms with van der Waals surface area (Å²) in [6.07, 6.45) is 1.58. The van der Waals surface area contributed by atoms with Crippen LogP contribution in [0.15, 0.2) is 33.8 Å². The number of hydrazone groups is 1. The summed E-state index contributed by atoms with van der Waals surface area (Å²) in [6, 6.07) is 7.58. The molecule has 0 aliphatic heterocycles. The van der Waals surface area contributed by atoms with Crippen LogP contribution < -0.4 is 5.43 Å². The molecule has 0 saturated carbocycles. The number of aromatic nitrogens is 2. The number of benzene rings is 1. The molecule has 0 saturated heterocycles. The lowest BCUT2D eigenvalue weighted by Crippen LogP contribution is -2.17. The van der Waals surface area contributed by atoms with E-state index in [-0.39, 0.29) is 5.91 Å². The highest BCUT2D eigenvalue weighted by Gasteiger charge is 2.11. The van der Waals surface area contributed by atoms with Crippen LogP contribution in [0.1, 0.15) is 20.9 Å². The van der Waals surface area contributed by atoms with Crippen molar-refractivity contribution >= 4 is 39.6 Å². The molecule has 7 heteroatoms. The maximum absolute atomic E-state index is 11.7. The van der Waals surface area contributed by atoms with Crippen LogP contribution in [0, 0.1) is 6.92 Å². The Balaban J connectivity index is 1.98. The van der Waals surface area contributed by atoms with Crippen LogP contribution >= 0.6 is 27.5 Å². The van der Waals surface area contributed by atoms with Gasteiger partial charge in [0.25, 0.3) is 5.91 Å². The van der Waals surface area contributed by atoms with Gasteiger partial charge in [-0.05, 0) is 36.2 Å². The molecule has 1 aromatic carbocycles. The lowest BCUT2D eigenvalue weighted by Gasteiger charge is -1.96. The molecule has 92 valence electrons. The van der Waals surface area contributed by atoms with E-state index in [1.807, 2.05) is 24.3 Å². The van der Waals surface area contributed by atoms with Gasteiger partial charge in [0.15, 0.2) is 0 Å². The fraction of sp³-hybridized carbons (Fsp3) is 0.0909. The van der Waals surface area contributed by atoms with Crippen LogP contribution in [0.25, 0.3) is 0 Å². The molecule has 0 bridgehead atoms. The number of nitrogens with zero attached hydrogens (tertiary/aromatic N) is 3. The van der Waals surface area contributed by atoms with Crippen LogP contribution in [0.5, 0.6) is 0 Å². The molecular formula is C11H9BrN4OS. The van der Waals surface area contributed by atoms with Crippen molar-refractivity contribution in [2.75, 3.05) is 0 Å². The minimum atomic E-state index is -0.295. The standard InChI is InChI=1S/C11H9BrN4OS/c1-7-10(18-16-14-7)11(17)15-13-6-8-2-4-9(12)5-3-8/h2-6H,1H3,(H,15,17). The minimum absolute atomic E-state index is 0.295. The second-order valence-corrected chi connectivity index (χ2v) is 5.11. The second-order valence-electron chi connectivity index (χ2n) is 3.44. The highest BCUT2D eigenvalue weighted by molar-refractivity contribution is 9.10. The summed E-state index contributed by atoms with van der Waals surface area (Å²) in [5, 5.41) is 7.64. The normalized spacial score (nSPS) is 10.8. The third kappa shape index (κ3) is 3.21. The summed E-state index contributed by atoms with van der Waals surface area (Å²) in [7, 11) is 0. The van der Waals surface area contributed by atoms with E-state index in [1.165, 1.54) is 0 Å². The van der Waals surface area contributed by atoms with Crippen molar-refractivity contribution in [1.82, 2.24) is 15.0 Å². The van der Waals surface area contributed by atoms with Crippen LogP contribution in [0.3, 0.4) is 0 Å². The SMILES string of the molecule is Cc1nnsc1C(=O)NN=Cc1ccc(Br)cc1. The Bertz CT molecular complexity index is 579. The fourth-order valence-electron chi connectivity index (χ4n) is 1.20. The lowest BCUT2D eigenvalue weighted by molar-refractivity contribution is 0.0958. The van der Waals surface area contributed by atoms with Crippen molar-refractivity contribution in [2.45, 2.75) is 6.92 Å². The zero-order valence-corrected chi connectivity index (χ0v) is 11.8. The van der Waals surface area contributed by atoms with Crippen molar-refractivity contribution in [1.29, 1.82) is 0 Å². The Morgan fingerprint density at radius 3 is 2.78 bits per heavy atom. The van der Waals surface area contributed by atoms with E-state index in [1.54, 1.807) is 13.1 Å². The highest BCUT2D eigenvalue weighted by atomic mass is 79.9. The van der Waals surface area contributed by atoms with E-state index in [2.05, 4.69) is 36.0 Å². The first-order chi connectivity index (χ1) is 8.66. The van der Waals surface area contributed by atoms with Gasteiger partial charge in [-0.15, -0.1) is 5.10 Å². The van der Waals surface area contributed by atoms with Gasteiger partial charge in [-0.25, -0.2) is 5.43 Å². The molecular weight excluding hydrogens is 316 g/mol. The topological polar surface area (TPSA) is 67.2 Å². The molecule has 2 rings (SSSR count). The fourth-order valence-corrected chi connectivity index (χ4v) is 2.02. The maximum Gasteiger partial charge on any atom is 0.285 e. The largest absolute Gasteiger partial charge is 0.285 e. The first-order valence-electron chi connectivity index (χ1n) is 5.05. The van der Waals surface area contributed by atoms with E-state index < -0.39 is 0 Å². The van der Waals surface area contributed by atoms with Crippen LogP contribution in [-0.4, -0.2) is 21.7 Å². The average molecular weight is 325 g/mol. The third-order valence-electron chi connectivity index (χ3n) is 2.11. The number of carbonyl (C=O) groups excluding carboxylic acids is 1. The van der Waals surface area contributed by atoms with Crippen LogP contribution in [-0.2, 0) is 0 Å². The van der Waals surface area contributed by atoms with Crippen LogP contribution in [0.4, 0.5) is 0 Å². The summed E-state index contributed by atoms with van der Waals surface area (Å²) in [5.74, 6) is -0.295. The average Bonchev–Trinajstić information content (AvgIpc) is 2.78. The number of aryl methyl sites for hydroxylation is 1. The first kappa shape index (κ1) is 12.8. The molecule has 0 spiro atoms. The number of hydrogen-bond acceptors (Lipinski definition) is 5. The van der Waals surface area contributed by atoms with Gasteiger partial charge < -0.3 is 0 Å². The van der Waals surface area contributed by atoms with Gasteiger partial charge in [-0.1, -0.05) is 32.6 Å². The van der Waals surface area contributed by atoms with Crippen molar-refractivity contribution in [2.24, 2.45) is 5.10 Å². The van der Waals surface area contributed by atoms with Crippen molar-refractivity contribution in [3.05, 3.63) is 44.9 Å². The van der Waals surface area contributed by atoms with Crippen molar-refractivity contribution in [3.8, 4) is 0 Å². The van der Waals surface area contributed by atoms with E-state index in [9.17, 15) is 4.79 Å². The number of nitrogens with one attached hydrogen (secondary N) is 1. The third-order valence-corrected chi connectivity index (χ3v) is 3.46. The molecule has 0 fully saturated rings. The number of rotatable bonds is 3. The molecule has 1 N–H and O–H groups in total. The quantitative estimate of drug-likeness (QED) is 0.696. The Kier molecular flexibility index (Phi) is 4.16. The number of amides is 1. The molecule has 1 aromatic heterocycles. The highest BCUT2D eigenvalue weighted by Crippen LogP contribution is 2.09. The molecule has 18 heavy (non-hydrogen) atoms. The second kappa shape index (κ2) is 5.83. The predicted octanol–water partition coefficient (Wildman–Crippen LogP) is 2.37. The zero-order valence-electron chi connectivity index (χ0n) is 9.42. The molecule has 0 atom stereocenters. The van der Waals surface area contributed by atoms with E-state index >= 15 is 0 Å². The Labute approximate surface area is 116 Å². The maximum atomic E-state index is 11.7. The smallest absolute Gasteiger partial charge is 0.266 e. The van der Waals surface area contributed by atoms with Gasteiger partial charge in [0, 0.05) is 4.47 Å². The summed E-state index contributed by atoms with van der Waals surface area (Å²) >= 11 is 4.40. The van der Waals surface area contributed by atoms with E-state index in [0.717, 1.165) is 21.6 Å². The van der Waals surface area contributed by atoms with E-state index in [0.29, 0.717) is 10.6 Å². The number of hydrogen-bond donors (Lipinski definition) is 1. The number of carbonyl (C=O) groups is 1. The molecule has 1 heterocycles. The lowest BCUT2D eigenvalue weighted by atomic mass is 10.2. The molecule has 0 aliphatic rings. The zero-order chi connectivity index (χ0) is 13.0. The first-order valence-corrected chi connectivity index (χ1v) is 6.61. The minimum Gasteiger partial charge on any atom is -0.266 e. The number of halogens is 1. The van der Waals surface area contributed by atoms with Crippen molar-refractivity contribution < 1.29 is 4.79 Å². The predicted molar refractivity (Wildman–Crippen MR) is 73.8 cm³/mol. The van der Waals surface area contributed by atoms with Gasteiger partial charge in [0.1, 0.15) is 4.88 Å². The van der Waals surface area contributed by atoms with Gasteiger partial charge in [-0.2, -0.15) is 5.10 Å². The summed E-state index contributed by atoms with van der Waals surface area (Å²) < 4.78 is 4.69. The Hall–Kier alpha value is -1.60. The Morgan fingerprint density at radius 1 is 1.44 bits per heavy atom. The van der Waals surface area contributed by atoms with Gasteiger partial charge >= 0.3 is 0 Å². The van der Waals surface area contributed by atoms with Gasteiger partial charge in [0.2, 0.25) is 0 Å². The van der Waals surface area contributed by atoms with E-state index in [4.69, 9.17) is 0 Å². The molecule has 5 nitrogen and oxygen atoms in total. The van der Waals surface area contributed by atoms with Gasteiger partial charge in [0.05, 0.1) is 11.9 Å².